The van der Waals surface area contributed by atoms with Gasteiger partial charge in [-0.3, -0.25) is 0 Å². The lowest BCUT2D eigenvalue weighted by atomic mass is 10.0. The normalized spacial score (nSPS) is 8.78. The van der Waals surface area contributed by atoms with E-state index in [4.69, 9.17) is 22.4 Å². The molecule has 1 heterocycles. The monoisotopic (exact) mass is 3720 g/mol. The van der Waals surface area contributed by atoms with Gasteiger partial charge in [-0.2, -0.15) is 0 Å². The minimum Gasteiger partial charge on any atom is -0.356 e. The molecule has 0 aliphatic heterocycles. The molecule has 1 aromatic heterocycles. The Labute approximate surface area is 1090 Å². The molecule has 0 amide bonds. The number of anilines is 2. The molecular formula is C36H26N2S101. The van der Waals surface area contributed by atoms with Gasteiger partial charge in [0.15, 0.2) is 0 Å². The molecule has 786 valence electrons. The van der Waals surface area contributed by atoms with Crippen molar-refractivity contribution in [2.45, 2.75) is 0 Å². The van der Waals surface area contributed by atoms with Crippen molar-refractivity contribution in [3.8, 4) is 27.9 Å². The second-order valence-electron chi connectivity index (χ2n) is 16.3. The third kappa shape index (κ3) is 88.2. The molecule has 2 nitrogen and oxygen atoms in total. The third-order valence-corrected chi connectivity index (χ3v) is 228. The van der Waals surface area contributed by atoms with Crippen LogP contribution in [0.2, 0.25) is 0 Å². The molecule has 0 saturated carbocycles. The maximum absolute atomic E-state index is 4.83. The van der Waals surface area contributed by atoms with Crippen LogP contribution < -0.4 is 5.32 Å². The number of hydrogen-bond acceptors (Lipinski definition) is 3. The van der Waals surface area contributed by atoms with Crippen LogP contribution in [0, 0.1) is 0 Å². The van der Waals surface area contributed by atoms with Crippen LogP contribution >= 0.6 is 0 Å². The number of benzene rings is 6. The predicted octanol–water partition coefficient (Wildman–Crippen LogP) is 9.62. The Morgan fingerprint density at radius 1 is 0.137 bits per heavy atom. The summed E-state index contributed by atoms with van der Waals surface area (Å²) >= 11 is 9.66. The van der Waals surface area contributed by atoms with E-state index in [-0.39, 0.29) is 0 Å². The van der Waals surface area contributed by atoms with E-state index < -0.39 is 0 Å². The summed E-state index contributed by atoms with van der Waals surface area (Å²) in [5.41, 5.74) is 10.6. The van der Waals surface area contributed by atoms with E-state index in [0.717, 1.165) is 11.4 Å². The lowest BCUT2D eigenvalue weighted by Crippen LogP contribution is -1.93. The zero-order valence-corrected chi connectivity index (χ0v) is 145. The molecule has 7 rings (SSSR count). The topological polar surface area (TPSA) is 17.0 Å². The van der Waals surface area contributed by atoms with E-state index in [0.29, 0.717) is 0 Å². The van der Waals surface area contributed by atoms with Crippen molar-refractivity contribution in [1.29, 1.82) is 0 Å². The van der Waals surface area contributed by atoms with Gasteiger partial charge < -0.3 is 9.88 Å². The van der Waals surface area contributed by atoms with Crippen molar-refractivity contribution in [3.05, 3.63) is 152 Å². The van der Waals surface area contributed by atoms with Crippen LogP contribution in [0.3, 0.4) is 0 Å². The molecule has 7 aromatic rings. The first-order valence-electron chi connectivity index (χ1n) is 29.6. The van der Waals surface area contributed by atoms with Gasteiger partial charge in [0, 0.05) is 929 Å². The van der Waals surface area contributed by atoms with Gasteiger partial charge in [0.05, 0.1) is 11.0 Å². The Balaban J connectivity index is 0.000000631. The number of nitrogens with zero attached hydrogens (tertiary/aromatic N) is 1. The largest absolute Gasteiger partial charge is 0.356 e. The summed E-state index contributed by atoms with van der Waals surface area (Å²) in [6, 6.07) is 53.8. The molecule has 139 heavy (non-hydrogen) atoms. The molecule has 0 atom stereocenters. The lowest BCUT2D eigenvalue weighted by Gasteiger charge is -2.10. The van der Waals surface area contributed by atoms with Crippen LogP contribution in [-0.2, 0) is 902 Å². The molecule has 103 heteroatoms. The summed E-state index contributed by atoms with van der Waals surface area (Å²) in [6.45, 7) is 0. The first kappa shape index (κ1) is 145. The first-order chi connectivity index (χ1) is 69.2. The summed E-state index contributed by atoms with van der Waals surface area (Å²) in [5.74, 6) is 0. The SMILES string of the molecule is S=S=S=S=S=S=S=S=S=S=S=S=S=S=S=S=S=S=S=S=S=S=S=S=S=S=S=S=S=S=S=S=S=S=S=S=S=S=S=S=S=S=S=S=S=S=S=S=S=S=S=S=S=S=S=S=S=S=S=S=S=S=S=S=S=S=S=S=S=S=S=S=S=S=S=S=S=S=S=S=S=S=S=S=S=S=S=S=S=S=S=S=S=S=S=S=S=S=S=S=S.c1ccc(-c2ccc(Nc3ccc(-c4ccc5c(c4)c4ccccc4n5-c4ccccc4)cc3)cc2)cc1. The van der Waals surface area contributed by atoms with Gasteiger partial charge in [-0.1, -0.05) is 97.1 Å². The fourth-order valence-corrected chi connectivity index (χ4v) is 273. The van der Waals surface area contributed by atoms with Crippen molar-refractivity contribution < 1.29 is 0 Å². The van der Waals surface area contributed by atoms with Gasteiger partial charge in [-0.15, -0.1) is 0 Å². The number of fused-ring (bicyclic) bond motifs is 3. The molecule has 0 spiro atoms. The molecule has 0 saturated heterocycles. The fourth-order valence-electron chi connectivity index (χ4n) is 6.40. The van der Waals surface area contributed by atoms with E-state index in [1.54, 1.807) is 107 Å². The summed E-state index contributed by atoms with van der Waals surface area (Å²) in [4.78, 5) is 0. The van der Waals surface area contributed by atoms with Crippen LogP contribution in [0.15, 0.2) is 152 Å². The Kier molecular flexibility index (Phi) is 121. The fraction of sp³-hybridized carbons (Fsp3) is 0. The smallest absolute Gasteiger partial charge is 0.0541 e. The molecule has 0 aliphatic carbocycles. The Morgan fingerprint density at radius 2 is 0.295 bits per heavy atom. The van der Waals surface area contributed by atoms with Gasteiger partial charge in [-0.25, -0.2) is 0 Å². The van der Waals surface area contributed by atoms with E-state index in [2.05, 4.69) is 155 Å². The van der Waals surface area contributed by atoms with Crippen LogP contribution in [0.5, 0.6) is 0 Å². The van der Waals surface area contributed by atoms with E-state index in [1.165, 1.54) is 67.5 Å². The van der Waals surface area contributed by atoms with Crippen molar-refractivity contribution in [1.82, 2.24) is 4.57 Å². The minimum atomic E-state index is 1.07. The van der Waals surface area contributed by atoms with Gasteiger partial charge in [0.25, 0.3) is 0 Å². The molecular weight excluding hydrogens is 3700 g/mol. The first-order valence-corrected chi connectivity index (χ1v) is 163. The summed E-state index contributed by atoms with van der Waals surface area (Å²) in [6.07, 6.45) is 0. The lowest BCUT2D eigenvalue weighted by molar-refractivity contribution is 1.18. The Hall–Kier alpha value is 17.1. The second kappa shape index (κ2) is 116. The standard InChI is InChI=1S/C36H26N2.S101/c1-3-9-26(10-4-1)27-15-20-30(21-16-27)37-31-22-17-28(18-23-31)29-19-24-36-34(25-29)33-13-7-8-14-35(33)38(36)32-11-5-2-6-12-32;1-3-5-7-9-11-13-15-17-19-21-23-25-27-29-31-33-35-37-39-41-43-45-47-49-51-53-55-57-59-61-63-65-67-69-71-73-75-77-79-81-83-85-87-89-91-93-95-97-99-101-100-98-96-94-92-90-88-86-84-82-80-78-76-74-72-70-68-66-64-62-60-58-56-54-52-50-48-46-44-42-40-38-36-34-32-30-28-26-24-22-20-18-16-14-12-10-8-6-4-2/h1-25,37H;. The van der Waals surface area contributed by atoms with Crippen LogP contribution in [0.1, 0.15) is 0 Å². The Bertz CT molecular complexity index is 10500. The van der Waals surface area contributed by atoms with Crippen LogP contribution in [0.25, 0.3) is 49.7 Å². The van der Waals surface area contributed by atoms with E-state index in [9.17, 15) is 0 Å². The highest BCUT2D eigenvalue weighted by atomic mass is 33.6. The van der Waals surface area contributed by atoms with E-state index >= 15 is 0 Å². The number of aromatic nitrogens is 1. The maximum atomic E-state index is 4.83. The molecule has 0 aliphatic rings. The van der Waals surface area contributed by atoms with Crippen molar-refractivity contribution >= 4 is 935 Å². The number of rotatable bonds is 5. The summed E-state index contributed by atoms with van der Waals surface area (Å²) in [5, 5.41) is 6.07. The average Bonchev–Trinajstić information content (AvgIpc) is 1.59. The Morgan fingerprint density at radius 3 is 0.504 bits per heavy atom. The second-order valence-corrected chi connectivity index (χ2v) is 191. The zero-order valence-electron chi connectivity index (χ0n) is 62.1. The molecule has 0 unspecified atom stereocenters. The summed E-state index contributed by atoms with van der Waals surface area (Å²) < 4.78 is 2.35. The third-order valence-electron chi connectivity index (χ3n) is 9.91. The van der Waals surface area contributed by atoms with Gasteiger partial charge in [0.1, 0.15) is 0 Å². The highest BCUT2D eigenvalue weighted by Gasteiger charge is 2.13. The highest BCUT2D eigenvalue weighted by molar-refractivity contribution is 8.87. The van der Waals surface area contributed by atoms with Crippen molar-refractivity contribution in [2.75, 3.05) is 5.32 Å². The quantitative estimate of drug-likeness (QED) is 0.185. The number of para-hydroxylation sites is 2. The molecule has 0 fully saturated rings. The minimum absolute atomic E-state index is 1.07. The van der Waals surface area contributed by atoms with Gasteiger partial charge >= 0.3 is 0 Å². The van der Waals surface area contributed by atoms with Crippen molar-refractivity contribution in [3.63, 3.8) is 0 Å². The molecule has 1 N–H and O–H groups in total. The molecule has 0 radical (unpaired) electrons. The van der Waals surface area contributed by atoms with Crippen LogP contribution in [-0.4, -0.2) is 4.57 Å². The molecule has 0 bridgehead atoms. The molecule has 6 aromatic carbocycles. The number of nitrogens with one attached hydrogen (secondary N) is 1. The maximum Gasteiger partial charge on any atom is 0.0541 e. The zero-order chi connectivity index (χ0) is 97.3. The highest BCUT2D eigenvalue weighted by Crippen LogP contribution is 2.35. The summed E-state index contributed by atoms with van der Waals surface area (Å²) in [7, 11) is 179. The van der Waals surface area contributed by atoms with Crippen molar-refractivity contribution in [2.24, 2.45) is 0 Å². The van der Waals surface area contributed by atoms with E-state index in [1.807, 2.05) is 761 Å². The van der Waals surface area contributed by atoms with Gasteiger partial charge in [-0.05, 0) is 76.9 Å². The van der Waals surface area contributed by atoms with Gasteiger partial charge in [0.2, 0.25) is 0 Å². The van der Waals surface area contributed by atoms with Crippen LogP contribution in [0.4, 0.5) is 11.4 Å². The number of hydrogen-bond donors (Lipinski definition) is 1. The predicted molar refractivity (Wildman–Crippen MR) is 905 cm³/mol. The average molecular weight is 3730 g/mol.